The minimum Gasteiger partial charge on any atom is -0.493 e. The van der Waals surface area contributed by atoms with E-state index in [9.17, 15) is 0 Å². The first-order valence-electron chi connectivity index (χ1n) is 8.82. The molecule has 2 aromatic rings. The number of halogens is 1. The van der Waals surface area contributed by atoms with Gasteiger partial charge in [-0.25, -0.2) is 4.98 Å². The first-order chi connectivity index (χ1) is 12.7. The van der Waals surface area contributed by atoms with Gasteiger partial charge in [0, 0.05) is 37.5 Å². The summed E-state index contributed by atoms with van der Waals surface area (Å²) < 4.78 is 11.1. The predicted octanol–water partition coefficient (Wildman–Crippen LogP) is 3.67. The lowest BCUT2D eigenvalue weighted by atomic mass is 10.1. The summed E-state index contributed by atoms with van der Waals surface area (Å²) in [5.41, 5.74) is 3.26. The Bertz CT molecular complexity index is 738. The van der Waals surface area contributed by atoms with Crippen LogP contribution in [0.15, 0.2) is 41.5 Å². The number of benzene rings is 1. The first kappa shape index (κ1) is 23.0. The standard InChI is InChI=1S/C20H28N4O2.HI/c1-5-11-26-18-12-15(2)8-9-16(18)13-23-20(21-3)24-14-17-7-6-10-22-19(17)25-4;/h6-10,12H,5,11,13-14H2,1-4H3,(H2,21,23,24);1H. The molecule has 1 aromatic heterocycles. The van der Waals surface area contributed by atoms with E-state index in [1.165, 1.54) is 5.56 Å². The van der Waals surface area contributed by atoms with E-state index >= 15 is 0 Å². The molecule has 2 N–H and O–H groups in total. The van der Waals surface area contributed by atoms with Gasteiger partial charge < -0.3 is 20.1 Å². The number of aliphatic imine (C=N–C) groups is 1. The van der Waals surface area contributed by atoms with Crippen molar-refractivity contribution in [3.8, 4) is 11.6 Å². The third-order valence-electron chi connectivity index (χ3n) is 3.84. The number of ether oxygens (including phenoxy) is 2. The lowest BCUT2D eigenvalue weighted by molar-refractivity contribution is 0.313. The number of pyridine rings is 1. The van der Waals surface area contributed by atoms with Crippen molar-refractivity contribution in [2.75, 3.05) is 20.8 Å². The minimum absolute atomic E-state index is 0. The minimum atomic E-state index is 0. The van der Waals surface area contributed by atoms with Gasteiger partial charge >= 0.3 is 0 Å². The molecule has 1 aromatic carbocycles. The number of hydrogen-bond donors (Lipinski definition) is 2. The van der Waals surface area contributed by atoms with Crippen LogP contribution in [0.1, 0.15) is 30.0 Å². The van der Waals surface area contributed by atoms with Crippen molar-refractivity contribution >= 4 is 29.9 Å². The third kappa shape index (κ3) is 7.24. The highest BCUT2D eigenvalue weighted by molar-refractivity contribution is 14.0. The smallest absolute Gasteiger partial charge is 0.218 e. The molecule has 0 amide bonds. The summed E-state index contributed by atoms with van der Waals surface area (Å²) in [6.07, 6.45) is 2.70. The molecular weight excluding hydrogens is 455 g/mol. The fraction of sp³-hybridized carbons (Fsp3) is 0.400. The molecular formula is C20H29IN4O2. The Hall–Kier alpha value is -2.03. The van der Waals surface area contributed by atoms with Gasteiger partial charge in [0.1, 0.15) is 5.75 Å². The van der Waals surface area contributed by atoms with Gasteiger partial charge in [-0.2, -0.15) is 0 Å². The van der Waals surface area contributed by atoms with Crippen LogP contribution >= 0.6 is 24.0 Å². The molecule has 0 radical (unpaired) electrons. The van der Waals surface area contributed by atoms with Gasteiger partial charge in [-0.1, -0.05) is 25.1 Å². The molecule has 0 atom stereocenters. The second-order valence-electron chi connectivity index (χ2n) is 5.91. The summed E-state index contributed by atoms with van der Waals surface area (Å²) in [6.45, 7) is 6.08. The third-order valence-corrected chi connectivity index (χ3v) is 3.84. The van der Waals surface area contributed by atoms with Crippen LogP contribution in [0.2, 0.25) is 0 Å². The van der Waals surface area contributed by atoms with Crippen molar-refractivity contribution in [1.82, 2.24) is 15.6 Å². The van der Waals surface area contributed by atoms with Crippen molar-refractivity contribution in [2.24, 2.45) is 4.99 Å². The van der Waals surface area contributed by atoms with Crippen molar-refractivity contribution in [3.63, 3.8) is 0 Å². The number of methoxy groups -OCH3 is 1. The molecule has 0 fully saturated rings. The van der Waals surface area contributed by atoms with Crippen LogP contribution in [0.5, 0.6) is 11.6 Å². The quantitative estimate of drug-likeness (QED) is 0.340. The highest BCUT2D eigenvalue weighted by Crippen LogP contribution is 2.20. The van der Waals surface area contributed by atoms with Crippen molar-refractivity contribution in [3.05, 3.63) is 53.2 Å². The number of guanidine groups is 1. The average molecular weight is 484 g/mol. The molecule has 7 heteroatoms. The average Bonchev–Trinajstić information content (AvgIpc) is 2.67. The molecule has 0 aliphatic carbocycles. The SMILES string of the molecule is CCCOc1cc(C)ccc1CNC(=NC)NCc1cccnc1OC.I. The molecule has 0 aliphatic rings. The fourth-order valence-corrected chi connectivity index (χ4v) is 2.48. The Morgan fingerprint density at radius 2 is 1.89 bits per heavy atom. The predicted molar refractivity (Wildman–Crippen MR) is 120 cm³/mol. The summed E-state index contributed by atoms with van der Waals surface area (Å²) >= 11 is 0. The van der Waals surface area contributed by atoms with E-state index in [0.29, 0.717) is 31.5 Å². The van der Waals surface area contributed by atoms with Gasteiger partial charge in [0.25, 0.3) is 0 Å². The Morgan fingerprint density at radius 3 is 2.56 bits per heavy atom. The van der Waals surface area contributed by atoms with Crippen molar-refractivity contribution in [1.29, 1.82) is 0 Å². The number of nitrogens with zero attached hydrogens (tertiary/aromatic N) is 2. The molecule has 0 unspecified atom stereocenters. The van der Waals surface area contributed by atoms with Crippen LogP contribution in [-0.2, 0) is 13.1 Å². The lowest BCUT2D eigenvalue weighted by Gasteiger charge is -2.16. The number of nitrogens with one attached hydrogen (secondary N) is 2. The molecule has 0 bridgehead atoms. The van der Waals surface area contributed by atoms with Crippen LogP contribution < -0.4 is 20.1 Å². The number of rotatable bonds is 8. The van der Waals surface area contributed by atoms with E-state index < -0.39 is 0 Å². The van der Waals surface area contributed by atoms with Crippen LogP contribution in [-0.4, -0.2) is 31.7 Å². The van der Waals surface area contributed by atoms with Gasteiger partial charge in [-0.05, 0) is 31.0 Å². The zero-order valence-corrected chi connectivity index (χ0v) is 18.7. The highest BCUT2D eigenvalue weighted by Gasteiger charge is 2.07. The zero-order valence-electron chi connectivity index (χ0n) is 16.4. The number of aryl methyl sites for hydroxylation is 1. The molecule has 0 saturated carbocycles. The monoisotopic (exact) mass is 484 g/mol. The number of aromatic nitrogens is 1. The van der Waals surface area contributed by atoms with Crippen LogP contribution in [0, 0.1) is 6.92 Å². The summed E-state index contributed by atoms with van der Waals surface area (Å²) in [7, 11) is 3.37. The van der Waals surface area contributed by atoms with E-state index in [2.05, 4.69) is 52.7 Å². The Morgan fingerprint density at radius 1 is 1.15 bits per heavy atom. The molecule has 1 heterocycles. The Labute approximate surface area is 178 Å². The first-order valence-corrected chi connectivity index (χ1v) is 8.82. The maximum atomic E-state index is 5.87. The Kier molecular flexibility index (Phi) is 10.5. The van der Waals surface area contributed by atoms with Gasteiger partial charge in [-0.15, -0.1) is 24.0 Å². The van der Waals surface area contributed by atoms with Crippen molar-refractivity contribution < 1.29 is 9.47 Å². The van der Waals surface area contributed by atoms with E-state index in [1.54, 1.807) is 20.4 Å². The summed E-state index contributed by atoms with van der Waals surface area (Å²) in [4.78, 5) is 8.48. The molecule has 148 valence electrons. The van der Waals surface area contributed by atoms with E-state index in [-0.39, 0.29) is 24.0 Å². The second-order valence-corrected chi connectivity index (χ2v) is 5.91. The largest absolute Gasteiger partial charge is 0.493 e. The van der Waals surface area contributed by atoms with Crippen molar-refractivity contribution in [2.45, 2.75) is 33.4 Å². The molecule has 0 aliphatic heterocycles. The van der Waals surface area contributed by atoms with Gasteiger partial charge in [0.15, 0.2) is 5.96 Å². The maximum Gasteiger partial charge on any atom is 0.218 e. The molecule has 0 saturated heterocycles. The molecule has 0 spiro atoms. The van der Waals surface area contributed by atoms with Gasteiger partial charge in [0.05, 0.1) is 13.7 Å². The second kappa shape index (κ2) is 12.4. The number of hydrogen-bond acceptors (Lipinski definition) is 4. The van der Waals surface area contributed by atoms with E-state index in [4.69, 9.17) is 9.47 Å². The summed E-state index contributed by atoms with van der Waals surface area (Å²) in [5.74, 6) is 2.24. The van der Waals surface area contributed by atoms with Gasteiger partial charge in [0.2, 0.25) is 5.88 Å². The van der Waals surface area contributed by atoms with Crippen LogP contribution in [0.4, 0.5) is 0 Å². The molecule has 6 nitrogen and oxygen atoms in total. The summed E-state index contributed by atoms with van der Waals surface area (Å²) in [5, 5.41) is 6.61. The van der Waals surface area contributed by atoms with E-state index in [0.717, 1.165) is 23.3 Å². The molecule has 27 heavy (non-hydrogen) atoms. The fourth-order valence-electron chi connectivity index (χ4n) is 2.48. The lowest BCUT2D eigenvalue weighted by Crippen LogP contribution is -2.36. The highest BCUT2D eigenvalue weighted by atomic mass is 127. The Balaban J connectivity index is 0.00000364. The maximum absolute atomic E-state index is 5.87. The normalized spacial score (nSPS) is 10.7. The topological polar surface area (TPSA) is 67.8 Å². The van der Waals surface area contributed by atoms with E-state index in [1.807, 2.05) is 12.1 Å². The zero-order chi connectivity index (χ0) is 18.8. The summed E-state index contributed by atoms with van der Waals surface area (Å²) in [6, 6.07) is 10.1. The van der Waals surface area contributed by atoms with Crippen LogP contribution in [0.25, 0.3) is 0 Å². The molecule has 2 rings (SSSR count). The van der Waals surface area contributed by atoms with Crippen LogP contribution in [0.3, 0.4) is 0 Å². The van der Waals surface area contributed by atoms with Gasteiger partial charge in [-0.3, -0.25) is 4.99 Å².